The van der Waals surface area contributed by atoms with Crippen LogP contribution in [-0.4, -0.2) is 18.0 Å². The fraction of sp³-hybridized carbons (Fsp3) is 0.250. The van der Waals surface area contributed by atoms with Crippen molar-refractivity contribution in [3.05, 3.63) is 28.4 Å². The van der Waals surface area contributed by atoms with E-state index < -0.39 is 0 Å². The number of ether oxygens (including phenoxy) is 1. The largest absolute Gasteiger partial charge is 0.497 e. The molecule has 0 bridgehead atoms. The van der Waals surface area contributed by atoms with Crippen molar-refractivity contribution in [3.63, 3.8) is 0 Å². The molecular formula is C12H12ClNO2. The van der Waals surface area contributed by atoms with Crippen molar-refractivity contribution in [1.82, 2.24) is 4.57 Å². The van der Waals surface area contributed by atoms with Crippen LogP contribution in [0.5, 0.6) is 5.75 Å². The molecule has 0 aliphatic heterocycles. The average molecular weight is 238 g/mol. The molecule has 84 valence electrons. The lowest BCUT2D eigenvalue weighted by atomic mass is 10.1. The lowest BCUT2D eigenvalue weighted by Gasteiger charge is -2.04. The van der Waals surface area contributed by atoms with Crippen LogP contribution >= 0.6 is 11.6 Å². The number of carbonyl (C=O) groups excluding carboxylic acids is 1. The number of aryl methyl sites for hydroxylation is 2. The SMILES string of the molecule is COc1cc(Cl)c2c(c1)c(C)c(C=O)n2C. The van der Waals surface area contributed by atoms with E-state index >= 15 is 0 Å². The zero-order valence-electron chi connectivity index (χ0n) is 9.37. The molecule has 0 saturated carbocycles. The first-order chi connectivity index (χ1) is 7.60. The smallest absolute Gasteiger partial charge is 0.166 e. The van der Waals surface area contributed by atoms with Crippen LogP contribution in [0.25, 0.3) is 10.9 Å². The van der Waals surface area contributed by atoms with E-state index in [0.29, 0.717) is 16.5 Å². The molecule has 1 aromatic heterocycles. The van der Waals surface area contributed by atoms with E-state index in [1.54, 1.807) is 17.7 Å². The molecule has 0 saturated heterocycles. The summed E-state index contributed by atoms with van der Waals surface area (Å²) in [5, 5.41) is 1.54. The number of hydrogen-bond donors (Lipinski definition) is 0. The van der Waals surface area contributed by atoms with E-state index in [1.807, 2.05) is 20.0 Å². The molecular weight excluding hydrogens is 226 g/mol. The Morgan fingerprint density at radius 1 is 1.44 bits per heavy atom. The molecule has 2 aromatic rings. The molecule has 1 aromatic carbocycles. The first kappa shape index (κ1) is 11.0. The summed E-state index contributed by atoms with van der Waals surface area (Å²) in [4.78, 5) is 11.0. The van der Waals surface area contributed by atoms with Gasteiger partial charge in [-0.3, -0.25) is 4.79 Å². The Hall–Kier alpha value is -1.48. The summed E-state index contributed by atoms with van der Waals surface area (Å²) in [6, 6.07) is 3.64. The third-order valence-electron chi connectivity index (χ3n) is 2.87. The van der Waals surface area contributed by atoms with Crippen molar-refractivity contribution in [2.24, 2.45) is 7.05 Å². The first-order valence-corrected chi connectivity index (χ1v) is 5.25. The highest BCUT2D eigenvalue weighted by Gasteiger charge is 2.14. The Morgan fingerprint density at radius 2 is 2.12 bits per heavy atom. The van der Waals surface area contributed by atoms with Crippen molar-refractivity contribution in [3.8, 4) is 5.75 Å². The van der Waals surface area contributed by atoms with Crippen molar-refractivity contribution < 1.29 is 9.53 Å². The van der Waals surface area contributed by atoms with Gasteiger partial charge in [0.25, 0.3) is 0 Å². The first-order valence-electron chi connectivity index (χ1n) is 4.87. The number of carbonyl (C=O) groups is 1. The van der Waals surface area contributed by atoms with Gasteiger partial charge in [0.2, 0.25) is 0 Å². The number of hydrogen-bond acceptors (Lipinski definition) is 2. The molecule has 0 aliphatic carbocycles. The molecule has 0 N–H and O–H groups in total. The number of aldehydes is 1. The molecule has 3 nitrogen and oxygen atoms in total. The maximum absolute atomic E-state index is 11.0. The summed E-state index contributed by atoms with van der Waals surface area (Å²) in [5.41, 5.74) is 2.43. The number of halogens is 1. The minimum Gasteiger partial charge on any atom is -0.497 e. The highest BCUT2D eigenvalue weighted by molar-refractivity contribution is 6.35. The highest BCUT2D eigenvalue weighted by atomic mass is 35.5. The van der Waals surface area contributed by atoms with Gasteiger partial charge in [-0.1, -0.05) is 11.6 Å². The second-order valence-electron chi connectivity index (χ2n) is 3.69. The molecule has 2 rings (SSSR count). The van der Waals surface area contributed by atoms with Gasteiger partial charge in [0.05, 0.1) is 23.3 Å². The summed E-state index contributed by atoms with van der Waals surface area (Å²) in [6.07, 6.45) is 0.845. The standard InChI is InChI=1S/C12H12ClNO2/c1-7-9-4-8(16-3)5-10(13)12(9)14(2)11(7)6-15/h4-6H,1-3H3. The molecule has 0 radical (unpaired) electrons. The predicted molar refractivity (Wildman–Crippen MR) is 64.6 cm³/mol. The molecule has 0 fully saturated rings. The third kappa shape index (κ3) is 1.39. The number of rotatable bonds is 2. The van der Waals surface area contributed by atoms with Crippen LogP contribution < -0.4 is 4.74 Å². The fourth-order valence-electron chi connectivity index (χ4n) is 2.00. The van der Waals surface area contributed by atoms with Gasteiger partial charge in [-0.05, 0) is 18.6 Å². The molecule has 4 heteroatoms. The van der Waals surface area contributed by atoms with Gasteiger partial charge in [0.15, 0.2) is 6.29 Å². The van der Waals surface area contributed by atoms with Crippen LogP contribution in [0.2, 0.25) is 5.02 Å². The van der Waals surface area contributed by atoms with Crippen molar-refractivity contribution in [1.29, 1.82) is 0 Å². The van der Waals surface area contributed by atoms with Gasteiger partial charge in [0, 0.05) is 18.5 Å². The van der Waals surface area contributed by atoms with E-state index in [4.69, 9.17) is 16.3 Å². The Labute approximate surface area is 98.6 Å². The van der Waals surface area contributed by atoms with E-state index in [1.165, 1.54) is 0 Å². The van der Waals surface area contributed by atoms with Crippen LogP contribution in [0, 0.1) is 6.92 Å². The summed E-state index contributed by atoms with van der Waals surface area (Å²) in [7, 11) is 3.42. The second-order valence-corrected chi connectivity index (χ2v) is 4.10. The van der Waals surface area contributed by atoms with E-state index in [-0.39, 0.29) is 0 Å². The number of methoxy groups -OCH3 is 1. The van der Waals surface area contributed by atoms with Gasteiger partial charge >= 0.3 is 0 Å². The minimum atomic E-state index is 0.591. The average Bonchev–Trinajstić information content (AvgIpc) is 2.51. The Balaban J connectivity index is 2.93. The molecule has 0 spiro atoms. The van der Waals surface area contributed by atoms with Gasteiger partial charge in [-0.15, -0.1) is 0 Å². The lowest BCUT2D eigenvalue weighted by Crippen LogP contribution is -1.95. The number of fused-ring (bicyclic) bond motifs is 1. The Kier molecular flexibility index (Phi) is 2.64. The van der Waals surface area contributed by atoms with Gasteiger partial charge in [-0.2, -0.15) is 0 Å². The maximum Gasteiger partial charge on any atom is 0.166 e. The quantitative estimate of drug-likeness (QED) is 0.752. The second kappa shape index (κ2) is 3.83. The molecule has 16 heavy (non-hydrogen) atoms. The summed E-state index contributed by atoms with van der Waals surface area (Å²) < 4.78 is 6.96. The van der Waals surface area contributed by atoms with Gasteiger partial charge in [-0.25, -0.2) is 0 Å². The van der Waals surface area contributed by atoms with E-state index in [0.717, 1.165) is 22.8 Å². The number of aromatic nitrogens is 1. The van der Waals surface area contributed by atoms with E-state index in [9.17, 15) is 4.79 Å². The van der Waals surface area contributed by atoms with Crippen molar-refractivity contribution in [2.75, 3.05) is 7.11 Å². The lowest BCUT2D eigenvalue weighted by molar-refractivity contribution is 0.111. The number of benzene rings is 1. The fourth-order valence-corrected chi connectivity index (χ4v) is 2.33. The predicted octanol–water partition coefficient (Wildman–Crippen LogP) is 2.96. The molecule has 1 heterocycles. The Morgan fingerprint density at radius 3 is 2.69 bits per heavy atom. The van der Waals surface area contributed by atoms with Gasteiger partial charge in [0.1, 0.15) is 5.75 Å². The van der Waals surface area contributed by atoms with Crippen LogP contribution in [0.15, 0.2) is 12.1 Å². The Bertz CT molecular complexity index is 572. The minimum absolute atomic E-state index is 0.591. The number of nitrogens with zero attached hydrogens (tertiary/aromatic N) is 1. The van der Waals surface area contributed by atoms with Crippen molar-refractivity contribution >= 4 is 28.8 Å². The molecule has 0 aliphatic rings. The van der Waals surface area contributed by atoms with Gasteiger partial charge < -0.3 is 9.30 Å². The van der Waals surface area contributed by atoms with Crippen LogP contribution in [0.3, 0.4) is 0 Å². The normalized spacial score (nSPS) is 10.8. The highest BCUT2D eigenvalue weighted by Crippen LogP contribution is 2.33. The summed E-state index contributed by atoms with van der Waals surface area (Å²) in [6.45, 7) is 1.90. The van der Waals surface area contributed by atoms with Crippen molar-refractivity contribution in [2.45, 2.75) is 6.92 Å². The molecule has 0 amide bonds. The summed E-state index contributed by atoms with van der Waals surface area (Å²) >= 11 is 6.17. The maximum atomic E-state index is 11.0. The van der Waals surface area contributed by atoms with Crippen LogP contribution in [0.1, 0.15) is 16.1 Å². The zero-order valence-corrected chi connectivity index (χ0v) is 10.1. The monoisotopic (exact) mass is 237 g/mol. The zero-order chi connectivity index (χ0) is 11.9. The molecule has 0 unspecified atom stereocenters. The van der Waals surface area contributed by atoms with E-state index in [2.05, 4.69) is 0 Å². The van der Waals surface area contributed by atoms with Crippen LogP contribution in [0.4, 0.5) is 0 Å². The summed E-state index contributed by atoms with van der Waals surface area (Å²) in [5.74, 6) is 0.698. The third-order valence-corrected chi connectivity index (χ3v) is 3.16. The topological polar surface area (TPSA) is 31.2 Å². The van der Waals surface area contributed by atoms with Crippen LogP contribution in [-0.2, 0) is 7.05 Å². The molecule has 0 atom stereocenters.